The molecule has 0 fully saturated rings. The van der Waals surface area contributed by atoms with Crippen LogP contribution in [0.4, 0.5) is 0 Å². The summed E-state index contributed by atoms with van der Waals surface area (Å²) in [6.45, 7) is 6.97. The molecule has 0 amide bonds. The number of aryl methyl sites for hydroxylation is 1. The van der Waals surface area contributed by atoms with Gasteiger partial charge in [-0.15, -0.1) is 11.3 Å². The second-order valence-corrected chi connectivity index (χ2v) is 6.52. The van der Waals surface area contributed by atoms with E-state index in [0.29, 0.717) is 27.1 Å². The molecule has 2 aromatic heterocycles. The Kier molecular flexibility index (Phi) is 5.38. The summed E-state index contributed by atoms with van der Waals surface area (Å²) in [5, 5.41) is 0.328. The van der Waals surface area contributed by atoms with Crippen molar-refractivity contribution in [3.05, 3.63) is 27.1 Å². The van der Waals surface area contributed by atoms with E-state index in [1.807, 2.05) is 13.8 Å². The van der Waals surface area contributed by atoms with Gasteiger partial charge in [0.1, 0.15) is 15.7 Å². The maximum absolute atomic E-state index is 12.7. The van der Waals surface area contributed by atoms with Gasteiger partial charge in [0, 0.05) is 0 Å². The molecular weight excluding hydrogens is 332 g/mol. The summed E-state index contributed by atoms with van der Waals surface area (Å²) in [5.74, 6) is -1.00. The average Bonchev–Trinajstić information content (AvgIpc) is 2.91. The topological polar surface area (TPSA) is 87.5 Å². The van der Waals surface area contributed by atoms with E-state index in [2.05, 4.69) is 9.72 Å². The summed E-state index contributed by atoms with van der Waals surface area (Å²) >= 11 is 1.12. The average molecular weight is 352 g/mol. The molecule has 0 bridgehead atoms. The van der Waals surface area contributed by atoms with Gasteiger partial charge in [-0.2, -0.15) is 0 Å². The maximum Gasteiger partial charge on any atom is 0.348 e. The zero-order valence-corrected chi connectivity index (χ0v) is 15.1. The number of hydrogen-bond donors (Lipinski definition) is 0. The number of hydrogen-bond acceptors (Lipinski definition) is 7. The number of carbonyl (C=O) groups excluding carboxylic acids is 2. The summed E-state index contributed by atoms with van der Waals surface area (Å²) in [4.78, 5) is 41.6. The number of thiophene rings is 1. The molecule has 0 N–H and O–H groups in total. The van der Waals surface area contributed by atoms with E-state index >= 15 is 0 Å². The summed E-state index contributed by atoms with van der Waals surface area (Å²) in [6, 6.07) is -0.797. The van der Waals surface area contributed by atoms with E-state index in [1.54, 1.807) is 13.8 Å². The zero-order chi connectivity index (χ0) is 18.0. The van der Waals surface area contributed by atoms with Crippen molar-refractivity contribution in [1.82, 2.24) is 9.55 Å². The lowest BCUT2D eigenvalue weighted by atomic mass is 10.2. The molecule has 0 aliphatic heterocycles. The molecule has 2 rings (SSSR count). The molecule has 0 radical (unpaired) electrons. The van der Waals surface area contributed by atoms with Crippen molar-refractivity contribution in [1.29, 1.82) is 0 Å². The van der Waals surface area contributed by atoms with Crippen LogP contribution in [0.5, 0.6) is 0 Å². The van der Waals surface area contributed by atoms with Crippen molar-refractivity contribution >= 4 is 33.5 Å². The summed E-state index contributed by atoms with van der Waals surface area (Å²) in [6.07, 6.45) is 1.80. The van der Waals surface area contributed by atoms with Crippen molar-refractivity contribution in [3.8, 4) is 0 Å². The van der Waals surface area contributed by atoms with Crippen molar-refractivity contribution in [2.24, 2.45) is 0 Å². The molecule has 2 aromatic rings. The van der Waals surface area contributed by atoms with Crippen LogP contribution in [0.3, 0.4) is 0 Å². The van der Waals surface area contributed by atoms with E-state index in [9.17, 15) is 14.4 Å². The van der Waals surface area contributed by atoms with E-state index in [-0.39, 0.29) is 11.7 Å². The minimum absolute atomic E-state index is 0.203. The third kappa shape index (κ3) is 3.19. The van der Waals surface area contributed by atoms with E-state index in [4.69, 9.17) is 4.74 Å². The van der Waals surface area contributed by atoms with Gasteiger partial charge in [-0.25, -0.2) is 14.6 Å². The molecule has 24 heavy (non-hydrogen) atoms. The molecule has 0 saturated carbocycles. The maximum atomic E-state index is 12.7. The van der Waals surface area contributed by atoms with Crippen LogP contribution in [0, 0.1) is 6.92 Å². The predicted molar refractivity (Wildman–Crippen MR) is 90.5 cm³/mol. The third-order valence-corrected chi connectivity index (χ3v) is 5.08. The van der Waals surface area contributed by atoms with Crippen LogP contribution in [0.2, 0.25) is 0 Å². The molecule has 0 saturated heterocycles. The molecule has 0 spiro atoms. The fourth-order valence-corrected chi connectivity index (χ4v) is 3.23. The van der Waals surface area contributed by atoms with E-state index in [1.165, 1.54) is 18.0 Å². The highest BCUT2D eigenvalue weighted by atomic mass is 32.1. The molecule has 2 unspecified atom stereocenters. The van der Waals surface area contributed by atoms with Crippen LogP contribution < -0.4 is 5.56 Å². The SMILES string of the molecule is CCC(C)OC(=O)c1sc2ncn(C(C)C(=O)OC)c(=O)c2c1C. The standard InChI is InChI=1S/C16H20N2O5S/c1-6-8(2)23-16(21)12-9(3)11-13(24-12)17-7-18(14(11)19)10(4)15(20)22-5/h7-8,10H,6H2,1-5H3. The van der Waals surface area contributed by atoms with Crippen LogP contribution in [0.25, 0.3) is 10.2 Å². The van der Waals surface area contributed by atoms with Crippen LogP contribution in [0.15, 0.2) is 11.1 Å². The number of nitrogens with zero attached hydrogens (tertiary/aromatic N) is 2. The fraction of sp³-hybridized carbons (Fsp3) is 0.500. The van der Waals surface area contributed by atoms with Crippen LogP contribution in [0.1, 0.15) is 48.5 Å². The van der Waals surface area contributed by atoms with E-state index in [0.717, 1.165) is 11.3 Å². The minimum atomic E-state index is -0.797. The van der Waals surface area contributed by atoms with Crippen molar-refractivity contribution < 1.29 is 19.1 Å². The van der Waals surface area contributed by atoms with E-state index < -0.39 is 18.0 Å². The van der Waals surface area contributed by atoms with Crippen LogP contribution >= 0.6 is 11.3 Å². The molecule has 7 nitrogen and oxygen atoms in total. The van der Waals surface area contributed by atoms with Gasteiger partial charge < -0.3 is 9.47 Å². The molecule has 8 heteroatoms. The van der Waals surface area contributed by atoms with Gasteiger partial charge in [0.15, 0.2) is 0 Å². The van der Waals surface area contributed by atoms with Crippen LogP contribution in [-0.2, 0) is 14.3 Å². The largest absolute Gasteiger partial charge is 0.467 e. The van der Waals surface area contributed by atoms with Crippen molar-refractivity contribution in [2.45, 2.75) is 46.3 Å². The third-order valence-electron chi connectivity index (χ3n) is 3.90. The Morgan fingerprint density at radius 2 is 2.04 bits per heavy atom. The summed E-state index contributed by atoms with van der Waals surface area (Å²) in [5.41, 5.74) is 0.140. The lowest BCUT2D eigenvalue weighted by molar-refractivity contribution is -0.144. The fourth-order valence-electron chi connectivity index (χ4n) is 2.21. The number of fused-ring (bicyclic) bond motifs is 1. The Bertz CT molecular complexity index is 839. The number of methoxy groups -OCH3 is 1. The zero-order valence-electron chi connectivity index (χ0n) is 14.3. The summed E-state index contributed by atoms with van der Waals surface area (Å²) < 4.78 is 11.2. The van der Waals surface area contributed by atoms with Gasteiger partial charge in [0.25, 0.3) is 5.56 Å². The molecule has 2 atom stereocenters. The van der Waals surface area contributed by atoms with Gasteiger partial charge in [-0.3, -0.25) is 9.36 Å². The Labute approximate surface area is 143 Å². The first-order chi connectivity index (χ1) is 11.3. The number of aromatic nitrogens is 2. The Hall–Kier alpha value is -2.22. The smallest absolute Gasteiger partial charge is 0.348 e. The summed E-state index contributed by atoms with van der Waals surface area (Å²) in [7, 11) is 1.26. The van der Waals surface area contributed by atoms with Crippen molar-refractivity contribution in [2.75, 3.05) is 7.11 Å². The second-order valence-electron chi connectivity index (χ2n) is 5.52. The minimum Gasteiger partial charge on any atom is -0.467 e. The van der Waals surface area contributed by atoms with Gasteiger partial charge in [-0.1, -0.05) is 6.92 Å². The Balaban J connectivity index is 2.53. The van der Waals surface area contributed by atoms with Crippen LogP contribution in [-0.4, -0.2) is 34.7 Å². The van der Waals surface area contributed by atoms with Gasteiger partial charge >= 0.3 is 11.9 Å². The van der Waals surface area contributed by atoms with Gasteiger partial charge in [0.05, 0.1) is 24.9 Å². The first kappa shape index (κ1) is 18.1. The second kappa shape index (κ2) is 7.12. The highest BCUT2D eigenvalue weighted by Crippen LogP contribution is 2.28. The monoisotopic (exact) mass is 352 g/mol. The molecule has 130 valence electrons. The Morgan fingerprint density at radius 3 is 2.62 bits per heavy atom. The van der Waals surface area contributed by atoms with Crippen molar-refractivity contribution in [3.63, 3.8) is 0 Å². The quantitative estimate of drug-likeness (QED) is 0.768. The highest BCUT2D eigenvalue weighted by Gasteiger charge is 2.24. The molecule has 2 heterocycles. The number of rotatable bonds is 5. The predicted octanol–water partition coefficient (Wildman–Crippen LogP) is 2.46. The molecule has 0 aliphatic carbocycles. The van der Waals surface area contributed by atoms with Gasteiger partial charge in [-0.05, 0) is 32.8 Å². The molecule has 0 aromatic carbocycles. The molecule has 0 aliphatic rings. The first-order valence-electron chi connectivity index (χ1n) is 7.60. The normalized spacial score (nSPS) is 13.5. The molecular formula is C16H20N2O5S. The lowest BCUT2D eigenvalue weighted by Gasteiger charge is -2.12. The lowest BCUT2D eigenvalue weighted by Crippen LogP contribution is -2.29. The van der Waals surface area contributed by atoms with Gasteiger partial charge in [0.2, 0.25) is 0 Å². The Morgan fingerprint density at radius 1 is 1.38 bits per heavy atom. The number of ether oxygens (including phenoxy) is 2. The number of esters is 2. The number of carbonyl (C=O) groups is 2. The first-order valence-corrected chi connectivity index (χ1v) is 8.42. The highest BCUT2D eigenvalue weighted by molar-refractivity contribution is 7.20.